The molecule has 0 aliphatic heterocycles. The number of nitrogens with one attached hydrogen (secondary N) is 1. The fourth-order valence-electron chi connectivity index (χ4n) is 1.48. The molecule has 1 N–H and O–H groups in total. The predicted octanol–water partition coefficient (Wildman–Crippen LogP) is 4.62. The Morgan fingerprint density at radius 1 is 0.857 bits per heavy atom. The molecule has 0 aromatic heterocycles. The number of hydrogen-bond acceptors (Lipinski definition) is 1. The van der Waals surface area contributed by atoms with Crippen molar-refractivity contribution in [2.24, 2.45) is 0 Å². The van der Waals surface area contributed by atoms with Crippen molar-refractivity contribution in [3.63, 3.8) is 0 Å². The SMILES string of the molecule is CC.CC.CCCC(C)(CCC)NC. The van der Waals surface area contributed by atoms with E-state index >= 15 is 0 Å². The summed E-state index contributed by atoms with van der Waals surface area (Å²) in [5.41, 5.74) is 0.392. The van der Waals surface area contributed by atoms with Crippen LogP contribution < -0.4 is 5.32 Å². The van der Waals surface area contributed by atoms with E-state index in [1.54, 1.807) is 0 Å². The highest BCUT2D eigenvalue weighted by Gasteiger charge is 2.18. The molecule has 0 saturated carbocycles. The van der Waals surface area contributed by atoms with Crippen molar-refractivity contribution in [2.45, 2.75) is 79.7 Å². The van der Waals surface area contributed by atoms with Gasteiger partial charge in [0, 0.05) is 5.54 Å². The van der Waals surface area contributed by atoms with Gasteiger partial charge in [-0.05, 0) is 26.8 Å². The predicted molar refractivity (Wildman–Crippen MR) is 70.0 cm³/mol. The zero-order chi connectivity index (χ0) is 12.0. The average molecular weight is 203 g/mol. The first-order chi connectivity index (χ1) is 6.68. The Morgan fingerprint density at radius 3 is 1.29 bits per heavy atom. The lowest BCUT2D eigenvalue weighted by Crippen LogP contribution is -2.39. The van der Waals surface area contributed by atoms with Gasteiger partial charge in [-0.1, -0.05) is 54.4 Å². The summed E-state index contributed by atoms with van der Waals surface area (Å²) in [7, 11) is 2.06. The standard InChI is InChI=1S/C9H21N.2C2H6/c1-5-7-9(3,10-4)8-6-2;2*1-2/h10H,5-8H2,1-4H3;2*1-2H3. The van der Waals surface area contributed by atoms with Crippen LogP contribution in [0.1, 0.15) is 74.1 Å². The molecule has 0 aromatic rings. The van der Waals surface area contributed by atoms with Crippen LogP contribution in [0.2, 0.25) is 0 Å². The third-order valence-corrected chi connectivity index (χ3v) is 2.21. The van der Waals surface area contributed by atoms with Gasteiger partial charge in [0.25, 0.3) is 0 Å². The molecule has 1 nitrogen and oxygen atoms in total. The molecule has 0 fully saturated rings. The maximum absolute atomic E-state index is 3.38. The summed E-state index contributed by atoms with van der Waals surface area (Å²) in [4.78, 5) is 0. The molecule has 0 radical (unpaired) electrons. The summed E-state index contributed by atoms with van der Waals surface area (Å²) in [6, 6.07) is 0. The molecule has 0 atom stereocenters. The van der Waals surface area contributed by atoms with E-state index in [9.17, 15) is 0 Å². The van der Waals surface area contributed by atoms with Crippen molar-refractivity contribution in [1.29, 1.82) is 0 Å². The lowest BCUT2D eigenvalue weighted by atomic mass is 9.91. The molecular formula is C13H33N. The molecule has 0 saturated heterocycles. The minimum Gasteiger partial charge on any atom is -0.315 e. The molecular weight excluding hydrogens is 170 g/mol. The smallest absolute Gasteiger partial charge is 0.0150 e. The molecule has 0 amide bonds. The van der Waals surface area contributed by atoms with Gasteiger partial charge in [-0.25, -0.2) is 0 Å². The Kier molecular flexibility index (Phi) is 21.5. The van der Waals surface area contributed by atoms with E-state index in [1.165, 1.54) is 25.7 Å². The van der Waals surface area contributed by atoms with Gasteiger partial charge in [0.2, 0.25) is 0 Å². The van der Waals surface area contributed by atoms with Crippen LogP contribution in [0, 0.1) is 0 Å². The lowest BCUT2D eigenvalue weighted by Gasteiger charge is -2.28. The summed E-state index contributed by atoms with van der Waals surface area (Å²) >= 11 is 0. The van der Waals surface area contributed by atoms with Gasteiger partial charge in [0.05, 0.1) is 0 Å². The second-order valence-electron chi connectivity index (χ2n) is 3.31. The summed E-state index contributed by atoms with van der Waals surface area (Å²) < 4.78 is 0. The molecule has 90 valence electrons. The quantitative estimate of drug-likeness (QED) is 0.687. The molecule has 0 heterocycles. The third-order valence-electron chi connectivity index (χ3n) is 2.21. The van der Waals surface area contributed by atoms with Crippen molar-refractivity contribution < 1.29 is 0 Å². The van der Waals surface area contributed by atoms with Crippen molar-refractivity contribution in [1.82, 2.24) is 5.32 Å². The normalized spacial score (nSPS) is 9.43. The number of hydrogen-bond donors (Lipinski definition) is 1. The molecule has 14 heavy (non-hydrogen) atoms. The Bertz CT molecular complexity index is 73.3. The van der Waals surface area contributed by atoms with E-state index in [2.05, 4.69) is 33.1 Å². The van der Waals surface area contributed by atoms with Crippen LogP contribution in [0.5, 0.6) is 0 Å². The molecule has 0 aliphatic rings. The highest BCUT2D eigenvalue weighted by atomic mass is 14.9. The summed E-state index contributed by atoms with van der Waals surface area (Å²) in [6.07, 6.45) is 5.13. The summed E-state index contributed by atoms with van der Waals surface area (Å²) in [5.74, 6) is 0. The Labute approximate surface area is 92.7 Å². The van der Waals surface area contributed by atoms with Crippen molar-refractivity contribution in [3.05, 3.63) is 0 Å². The van der Waals surface area contributed by atoms with Crippen LogP contribution in [-0.2, 0) is 0 Å². The molecule has 0 aromatic carbocycles. The second kappa shape index (κ2) is 15.4. The zero-order valence-corrected chi connectivity index (χ0v) is 11.8. The monoisotopic (exact) mass is 203 g/mol. The largest absolute Gasteiger partial charge is 0.315 e. The van der Waals surface area contributed by atoms with E-state index in [-0.39, 0.29) is 0 Å². The molecule has 0 aliphatic carbocycles. The zero-order valence-electron chi connectivity index (χ0n) is 11.8. The van der Waals surface area contributed by atoms with Crippen LogP contribution in [0.15, 0.2) is 0 Å². The minimum absolute atomic E-state index is 0.392. The van der Waals surface area contributed by atoms with Gasteiger partial charge in [-0.2, -0.15) is 0 Å². The van der Waals surface area contributed by atoms with Gasteiger partial charge in [0.15, 0.2) is 0 Å². The fourth-order valence-corrected chi connectivity index (χ4v) is 1.48. The van der Waals surface area contributed by atoms with E-state index in [0.29, 0.717) is 5.54 Å². The summed E-state index contributed by atoms with van der Waals surface area (Å²) in [6.45, 7) is 14.8. The molecule has 0 unspecified atom stereocenters. The van der Waals surface area contributed by atoms with Crippen molar-refractivity contribution in [3.8, 4) is 0 Å². The van der Waals surface area contributed by atoms with E-state index in [1.807, 2.05) is 27.7 Å². The second-order valence-corrected chi connectivity index (χ2v) is 3.31. The average Bonchev–Trinajstić information content (AvgIpc) is 2.24. The van der Waals surface area contributed by atoms with Gasteiger partial charge in [-0.15, -0.1) is 0 Å². The van der Waals surface area contributed by atoms with Gasteiger partial charge in [-0.3, -0.25) is 0 Å². The van der Waals surface area contributed by atoms with Crippen LogP contribution in [0.3, 0.4) is 0 Å². The van der Waals surface area contributed by atoms with Crippen LogP contribution in [-0.4, -0.2) is 12.6 Å². The Hall–Kier alpha value is -0.0400. The topological polar surface area (TPSA) is 12.0 Å². The Morgan fingerprint density at radius 2 is 1.14 bits per heavy atom. The molecule has 0 rings (SSSR count). The van der Waals surface area contributed by atoms with E-state index < -0.39 is 0 Å². The first-order valence-corrected chi connectivity index (χ1v) is 6.37. The van der Waals surface area contributed by atoms with Crippen LogP contribution in [0.4, 0.5) is 0 Å². The first kappa shape index (κ1) is 19.5. The van der Waals surface area contributed by atoms with Crippen LogP contribution >= 0.6 is 0 Å². The third kappa shape index (κ3) is 12.0. The van der Waals surface area contributed by atoms with E-state index in [0.717, 1.165) is 0 Å². The van der Waals surface area contributed by atoms with Gasteiger partial charge >= 0.3 is 0 Å². The van der Waals surface area contributed by atoms with Crippen LogP contribution in [0.25, 0.3) is 0 Å². The minimum atomic E-state index is 0.392. The van der Waals surface area contributed by atoms with Gasteiger partial charge in [0.1, 0.15) is 0 Å². The lowest BCUT2D eigenvalue weighted by molar-refractivity contribution is 0.326. The highest BCUT2D eigenvalue weighted by molar-refractivity contribution is 4.79. The van der Waals surface area contributed by atoms with Crippen molar-refractivity contribution in [2.75, 3.05) is 7.05 Å². The molecule has 0 bridgehead atoms. The first-order valence-electron chi connectivity index (χ1n) is 6.37. The maximum Gasteiger partial charge on any atom is 0.0150 e. The van der Waals surface area contributed by atoms with Gasteiger partial charge < -0.3 is 5.32 Å². The molecule has 0 spiro atoms. The summed E-state index contributed by atoms with van der Waals surface area (Å²) in [5, 5.41) is 3.38. The van der Waals surface area contributed by atoms with Crippen molar-refractivity contribution >= 4 is 0 Å². The number of rotatable bonds is 5. The highest BCUT2D eigenvalue weighted by Crippen LogP contribution is 2.17. The Balaban J connectivity index is -0.000000266. The maximum atomic E-state index is 3.38. The fraction of sp³-hybridized carbons (Fsp3) is 1.00. The molecule has 1 heteroatoms. The van der Waals surface area contributed by atoms with E-state index in [4.69, 9.17) is 0 Å².